The molecular weight excluding hydrogens is 120 g/mol. The zero-order valence-corrected chi connectivity index (χ0v) is 5.94. The van der Waals surface area contributed by atoms with Crippen LogP contribution in [0.25, 0.3) is 0 Å². The van der Waals surface area contributed by atoms with E-state index in [0.717, 1.165) is 27.1 Å². The predicted octanol–water partition coefficient (Wildman–Crippen LogP) is 1.27. The highest BCUT2D eigenvalue weighted by Gasteiger charge is 3.57. The van der Waals surface area contributed by atoms with E-state index in [1.807, 2.05) is 0 Å². The molecular formula is C10H8. The van der Waals surface area contributed by atoms with Crippen molar-refractivity contribution >= 4 is 0 Å². The average molecular weight is 128 g/mol. The molecule has 0 nitrogen and oxygen atoms in total. The highest BCUT2D eigenvalue weighted by atomic mass is 15.6. The van der Waals surface area contributed by atoms with E-state index in [1.54, 1.807) is 6.42 Å². The van der Waals surface area contributed by atoms with Gasteiger partial charge in [-0.3, -0.25) is 0 Å². The Hall–Kier alpha value is 0. The van der Waals surface area contributed by atoms with E-state index in [2.05, 4.69) is 6.92 Å². The summed E-state index contributed by atoms with van der Waals surface area (Å²) in [5.41, 5.74) is 5.68. The highest BCUT2D eigenvalue weighted by molar-refractivity contribution is 6.02. The van der Waals surface area contributed by atoms with Gasteiger partial charge in [0.15, 0.2) is 0 Å². The third-order valence-electron chi connectivity index (χ3n) is 7.65. The van der Waals surface area contributed by atoms with Gasteiger partial charge in [0.1, 0.15) is 0 Å². The van der Waals surface area contributed by atoms with Gasteiger partial charge in [-0.15, -0.1) is 0 Å². The van der Waals surface area contributed by atoms with Crippen LogP contribution in [0.5, 0.6) is 0 Å². The third-order valence-corrected chi connectivity index (χ3v) is 7.65. The van der Waals surface area contributed by atoms with Crippen LogP contribution in [-0.2, 0) is 0 Å². The summed E-state index contributed by atoms with van der Waals surface area (Å²) in [4.78, 5) is 0. The summed E-state index contributed by atoms with van der Waals surface area (Å²) in [6.45, 7) is 2.51. The summed E-state index contributed by atoms with van der Waals surface area (Å²) < 4.78 is 0. The highest BCUT2D eigenvalue weighted by Crippen LogP contribution is 3.59. The second-order valence-electron chi connectivity index (χ2n) is 6.23. The molecule has 8 unspecified atom stereocenters. The first-order chi connectivity index (χ1) is 4.87. The van der Waals surface area contributed by atoms with Crippen LogP contribution in [0.15, 0.2) is 0 Å². The molecule has 0 N–H and O–H groups in total. The van der Waals surface area contributed by atoms with Crippen LogP contribution in [0.3, 0.4) is 0 Å². The zero-order chi connectivity index (χ0) is 5.94. The van der Waals surface area contributed by atoms with Crippen LogP contribution in [0.1, 0.15) is 13.3 Å². The Labute approximate surface area is 59.0 Å². The molecule has 0 aromatic carbocycles. The van der Waals surface area contributed by atoms with Gasteiger partial charge < -0.3 is 0 Å². The SMILES string of the molecule is CC1C2C13C21C24C5CC52C341. The first-order valence-corrected chi connectivity index (χ1v) is 4.87. The molecule has 8 atom stereocenters. The van der Waals surface area contributed by atoms with Crippen molar-refractivity contribution in [3.05, 3.63) is 0 Å². The van der Waals surface area contributed by atoms with Crippen LogP contribution in [0.4, 0.5) is 0 Å². The van der Waals surface area contributed by atoms with Gasteiger partial charge in [0, 0.05) is 0 Å². The minimum Gasteiger partial charge on any atom is -0.0616 e. The second-order valence-corrected chi connectivity index (χ2v) is 6.23. The van der Waals surface area contributed by atoms with E-state index in [-0.39, 0.29) is 0 Å². The minimum atomic E-state index is 1.10. The summed E-state index contributed by atoms with van der Waals surface area (Å²) in [6.07, 6.45) is 1.69. The molecule has 0 amide bonds. The van der Waals surface area contributed by atoms with Crippen molar-refractivity contribution in [2.24, 2.45) is 44.8 Å². The van der Waals surface area contributed by atoms with Crippen molar-refractivity contribution in [1.29, 1.82) is 0 Å². The molecule has 7 saturated carbocycles. The number of rotatable bonds is 0. The molecule has 5 spiro atoms. The van der Waals surface area contributed by atoms with Crippen molar-refractivity contribution in [3.63, 3.8) is 0 Å². The minimum absolute atomic E-state index is 1.10. The van der Waals surface area contributed by atoms with Gasteiger partial charge in [-0.2, -0.15) is 0 Å². The molecule has 10 heavy (non-hydrogen) atoms. The molecule has 7 aliphatic carbocycles. The van der Waals surface area contributed by atoms with E-state index in [1.165, 1.54) is 17.8 Å². The van der Waals surface area contributed by atoms with Crippen LogP contribution >= 0.6 is 0 Å². The van der Waals surface area contributed by atoms with Gasteiger partial charge in [-0.1, -0.05) is 6.92 Å². The van der Waals surface area contributed by atoms with Crippen LogP contribution in [0.2, 0.25) is 0 Å². The summed E-state index contributed by atoms with van der Waals surface area (Å²) in [5.74, 6) is 3.87. The zero-order valence-electron chi connectivity index (χ0n) is 5.94. The largest absolute Gasteiger partial charge is 0.0616 e. The molecule has 7 rings (SSSR count). The Bertz CT molecular complexity index is 414. The topological polar surface area (TPSA) is 0 Å². The fraction of sp³-hybridized carbons (Fsp3) is 1.00. The Morgan fingerprint density at radius 3 is 2.70 bits per heavy atom. The Balaban J connectivity index is 1.77. The van der Waals surface area contributed by atoms with Crippen LogP contribution < -0.4 is 0 Å². The summed E-state index contributed by atoms with van der Waals surface area (Å²) in [5, 5.41) is 0. The first kappa shape index (κ1) is 3.16. The van der Waals surface area contributed by atoms with Gasteiger partial charge in [0.25, 0.3) is 0 Å². The molecule has 0 bridgehead atoms. The Morgan fingerprint density at radius 1 is 1.30 bits per heavy atom. The Morgan fingerprint density at radius 2 is 2.20 bits per heavy atom. The van der Waals surface area contributed by atoms with Crippen molar-refractivity contribution in [2.45, 2.75) is 13.3 Å². The summed E-state index contributed by atoms with van der Waals surface area (Å²) in [6, 6.07) is 0. The lowest BCUT2D eigenvalue weighted by Crippen LogP contribution is -2.04. The molecule has 0 heterocycles. The molecule has 0 aliphatic heterocycles. The smallest absolute Gasteiger partial charge is 0.00224 e. The molecule has 0 radical (unpaired) electrons. The van der Waals surface area contributed by atoms with Crippen molar-refractivity contribution in [3.8, 4) is 0 Å². The van der Waals surface area contributed by atoms with Gasteiger partial charge in [-0.25, -0.2) is 0 Å². The van der Waals surface area contributed by atoms with Crippen molar-refractivity contribution in [2.75, 3.05) is 0 Å². The maximum absolute atomic E-state index is 2.51. The van der Waals surface area contributed by atoms with E-state index < -0.39 is 0 Å². The van der Waals surface area contributed by atoms with E-state index in [0.29, 0.717) is 0 Å². The predicted molar refractivity (Wildman–Crippen MR) is 32.9 cm³/mol. The van der Waals surface area contributed by atoms with Crippen LogP contribution in [0, 0.1) is 44.8 Å². The fourth-order valence-electron chi connectivity index (χ4n) is 8.16. The lowest BCUT2D eigenvalue weighted by molar-refractivity contribution is 0.388. The lowest BCUT2D eigenvalue weighted by atomic mass is 9.96. The molecule has 7 aliphatic rings. The number of hydrogen-bond acceptors (Lipinski definition) is 0. The molecule has 48 valence electrons. The van der Waals surface area contributed by atoms with Crippen LogP contribution in [-0.4, -0.2) is 0 Å². The standard InChI is InChI=1S/C10H8/c1-3-5-7(3)9(5)8-4-2-6(4,8)10(7,8)9/h3-5H,2H2,1H3. The van der Waals surface area contributed by atoms with Crippen molar-refractivity contribution < 1.29 is 0 Å². The molecule has 0 aromatic heterocycles. The van der Waals surface area contributed by atoms with Gasteiger partial charge in [-0.05, 0) is 51.2 Å². The molecule has 0 heteroatoms. The normalized spacial score (nSPS) is 131. The Kier molecular flexibility index (Phi) is 0.114. The quantitative estimate of drug-likeness (QED) is 0.461. The molecule has 7 fully saturated rings. The first-order valence-electron chi connectivity index (χ1n) is 4.87. The van der Waals surface area contributed by atoms with Crippen molar-refractivity contribution in [1.82, 2.24) is 0 Å². The fourth-order valence-corrected chi connectivity index (χ4v) is 8.16. The van der Waals surface area contributed by atoms with E-state index >= 15 is 0 Å². The van der Waals surface area contributed by atoms with Gasteiger partial charge >= 0.3 is 0 Å². The monoisotopic (exact) mass is 128 g/mol. The lowest BCUT2D eigenvalue weighted by Gasteiger charge is -2.07. The van der Waals surface area contributed by atoms with Gasteiger partial charge in [0.05, 0.1) is 0 Å². The maximum Gasteiger partial charge on any atom is -0.00224 e. The molecule has 0 saturated heterocycles. The third kappa shape index (κ3) is 0.0506. The second kappa shape index (κ2) is 0.360. The van der Waals surface area contributed by atoms with E-state index in [9.17, 15) is 0 Å². The summed E-state index contributed by atoms with van der Waals surface area (Å²) >= 11 is 0. The average Bonchev–Trinajstić information content (AvgIpc) is 2.63. The molecule has 0 aromatic rings. The summed E-state index contributed by atoms with van der Waals surface area (Å²) in [7, 11) is 0. The van der Waals surface area contributed by atoms with Gasteiger partial charge in [0.2, 0.25) is 0 Å². The maximum atomic E-state index is 2.51. The van der Waals surface area contributed by atoms with E-state index in [4.69, 9.17) is 0 Å². The number of hydrogen-bond donors (Lipinski definition) is 0.